The van der Waals surface area contributed by atoms with Crippen molar-refractivity contribution in [3.05, 3.63) is 60.3 Å². The first-order valence-electron chi connectivity index (χ1n) is 6.60. The van der Waals surface area contributed by atoms with Gasteiger partial charge in [0.05, 0.1) is 22.9 Å². The molecule has 0 bridgehead atoms. The van der Waals surface area contributed by atoms with Crippen LogP contribution in [0.15, 0.2) is 55.2 Å². The molecule has 0 atom stereocenters. The lowest BCUT2D eigenvalue weighted by Crippen LogP contribution is -2.11. The third-order valence-corrected chi connectivity index (χ3v) is 3.23. The Kier molecular flexibility index (Phi) is 4.12. The summed E-state index contributed by atoms with van der Waals surface area (Å²) in [5, 5.41) is 8.03. The normalized spacial score (nSPS) is 10.5. The van der Waals surface area contributed by atoms with Crippen LogP contribution in [0.2, 0.25) is 5.02 Å². The number of nitrogens with one attached hydrogen (secondary N) is 1. The van der Waals surface area contributed by atoms with E-state index in [1.807, 2.05) is 36.4 Å². The maximum Gasteiger partial charge on any atom is 0.137 e. The molecule has 0 fully saturated rings. The minimum Gasteiger partial charge on any atom is -0.381 e. The molecule has 0 saturated carbocycles. The van der Waals surface area contributed by atoms with Crippen LogP contribution in [0.1, 0.15) is 0 Å². The van der Waals surface area contributed by atoms with Gasteiger partial charge in [0.15, 0.2) is 0 Å². The molecule has 3 aromatic rings. The smallest absolute Gasteiger partial charge is 0.137 e. The summed E-state index contributed by atoms with van der Waals surface area (Å²) >= 11 is 6.05. The molecule has 2 heterocycles. The van der Waals surface area contributed by atoms with E-state index < -0.39 is 0 Å². The fourth-order valence-electron chi connectivity index (χ4n) is 2.05. The number of benzene rings is 1. The van der Waals surface area contributed by atoms with Crippen LogP contribution in [0.3, 0.4) is 0 Å². The summed E-state index contributed by atoms with van der Waals surface area (Å²) in [6.45, 7) is 1.44. The number of pyridine rings is 1. The molecule has 5 nitrogen and oxygen atoms in total. The van der Waals surface area contributed by atoms with E-state index in [0.717, 1.165) is 23.5 Å². The average Bonchev–Trinajstić information content (AvgIpc) is 3.02. The van der Waals surface area contributed by atoms with Gasteiger partial charge in [-0.05, 0) is 6.07 Å². The quantitative estimate of drug-likeness (QED) is 0.786. The Bertz CT molecular complexity index is 697. The van der Waals surface area contributed by atoms with Gasteiger partial charge in [-0.2, -0.15) is 5.10 Å². The molecule has 0 saturated heterocycles. The highest BCUT2D eigenvalue weighted by Gasteiger charge is 2.07. The van der Waals surface area contributed by atoms with E-state index >= 15 is 0 Å². The molecule has 0 aliphatic carbocycles. The monoisotopic (exact) mass is 299 g/mol. The second-order valence-corrected chi connectivity index (χ2v) is 4.94. The molecule has 2 aromatic heterocycles. The van der Waals surface area contributed by atoms with Gasteiger partial charge in [-0.3, -0.25) is 9.67 Å². The summed E-state index contributed by atoms with van der Waals surface area (Å²) in [5.74, 6) is 0. The van der Waals surface area contributed by atoms with Crippen molar-refractivity contribution in [1.29, 1.82) is 0 Å². The minimum atomic E-state index is 0.609. The van der Waals surface area contributed by atoms with E-state index in [9.17, 15) is 0 Å². The predicted octanol–water partition coefficient (Wildman–Crippen LogP) is 3.11. The molecule has 3 rings (SSSR count). The highest BCUT2D eigenvalue weighted by molar-refractivity contribution is 6.30. The fourth-order valence-corrected chi connectivity index (χ4v) is 2.21. The second kappa shape index (κ2) is 6.37. The van der Waals surface area contributed by atoms with Gasteiger partial charge in [-0.15, -0.1) is 0 Å². The molecule has 0 amide bonds. The van der Waals surface area contributed by atoms with Crippen molar-refractivity contribution in [2.45, 2.75) is 6.54 Å². The third-order valence-electron chi connectivity index (χ3n) is 3.02. The Hall–Kier alpha value is -2.40. The van der Waals surface area contributed by atoms with Crippen LogP contribution >= 0.6 is 11.6 Å². The van der Waals surface area contributed by atoms with Gasteiger partial charge < -0.3 is 5.32 Å². The van der Waals surface area contributed by atoms with Crippen LogP contribution in [0.25, 0.3) is 11.3 Å². The molecule has 1 aromatic carbocycles. The van der Waals surface area contributed by atoms with E-state index in [-0.39, 0.29) is 0 Å². The van der Waals surface area contributed by atoms with Crippen molar-refractivity contribution in [3.63, 3.8) is 0 Å². The lowest BCUT2D eigenvalue weighted by Gasteiger charge is -2.12. The Morgan fingerprint density at radius 2 is 2.05 bits per heavy atom. The SMILES string of the molecule is Clc1cnc(-c2ccccc2)c(NCCn2cncn2)c1. The van der Waals surface area contributed by atoms with Gasteiger partial charge in [0.25, 0.3) is 0 Å². The molecule has 21 heavy (non-hydrogen) atoms. The Morgan fingerprint density at radius 3 is 2.81 bits per heavy atom. The third kappa shape index (κ3) is 3.38. The summed E-state index contributed by atoms with van der Waals surface area (Å²) < 4.78 is 1.77. The molecule has 6 heteroatoms. The van der Waals surface area contributed by atoms with Gasteiger partial charge >= 0.3 is 0 Å². The van der Waals surface area contributed by atoms with Crippen molar-refractivity contribution in [2.75, 3.05) is 11.9 Å². The Morgan fingerprint density at radius 1 is 1.19 bits per heavy atom. The van der Waals surface area contributed by atoms with Crippen LogP contribution in [0.4, 0.5) is 5.69 Å². The zero-order valence-electron chi connectivity index (χ0n) is 11.3. The first-order chi connectivity index (χ1) is 10.3. The van der Waals surface area contributed by atoms with E-state index in [4.69, 9.17) is 11.6 Å². The molecule has 0 radical (unpaired) electrons. The summed E-state index contributed by atoms with van der Waals surface area (Å²) in [6, 6.07) is 11.9. The second-order valence-electron chi connectivity index (χ2n) is 4.50. The first-order valence-corrected chi connectivity index (χ1v) is 6.98. The van der Waals surface area contributed by atoms with Gasteiger partial charge in [-0.25, -0.2) is 4.98 Å². The zero-order chi connectivity index (χ0) is 14.5. The molecule has 0 aliphatic rings. The van der Waals surface area contributed by atoms with E-state index in [1.54, 1.807) is 17.2 Å². The van der Waals surface area contributed by atoms with Gasteiger partial charge in [0, 0.05) is 18.3 Å². The van der Waals surface area contributed by atoms with Gasteiger partial charge in [0.1, 0.15) is 12.7 Å². The standard InChI is InChI=1S/C15H14ClN5/c16-13-8-14(18-6-7-21-11-17-10-20-21)15(19-9-13)12-4-2-1-3-5-12/h1-5,8-11,18H,6-7H2. The minimum absolute atomic E-state index is 0.609. The number of anilines is 1. The molecule has 0 aliphatic heterocycles. The topological polar surface area (TPSA) is 55.6 Å². The number of halogens is 1. The van der Waals surface area contributed by atoms with Crippen LogP contribution in [0, 0.1) is 0 Å². The van der Waals surface area contributed by atoms with E-state index in [1.165, 1.54) is 6.33 Å². The highest BCUT2D eigenvalue weighted by atomic mass is 35.5. The largest absolute Gasteiger partial charge is 0.381 e. The van der Waals surface area contributed by atoms with E-state index in [0.29, 0.717) is 11.6 Å². The van der Waals surface area contributed by atoms with Crippen LogP contribution in [-0.2, 0) is 6.54 Å². The summed E-state index contributed by atoms with van der Waals surface area (Å²) in [6.07, 6.45) is 4.87. The Balaban J connectivity index is 1.78. The molecule has 1 N–H and O–H groups in total. The first kappa shape index (κ1) is 13.6. The molecular weight excluding hydrogens is 286 g/mol. The van der Waals surface area contributed by atoms with Crippen molar-refractivity contribution < 1.29 is 0 Å². The van der Waals surface area contributed by atoms with Crippen molar-refractivity contribution in [2.24, 2.45) is 0 Å². The summed E-state index contributed by atoms with van der Waals surface area (Å²) in [4.78, 5) is 8.35. The summed E-state index contributed by atoms with van der Waals surface area (Å²) in [5.41, 5.74) is 2.85. The van der Waals surface area contributed by atoms with Crippen molar-refractivity contribution in [1.82, 2.24) is 19.7 Å². The zero-order valence-corrected chi connectivity index (χ0v) is 12.0. The average molecular weight is 300 g/mol. The number of aromatic nitrogens is 4. The number of nitrogens with zero attached hydrogens (tertiary/aromatic N) is 4. The molecule has 106 valence electrons. The molecule has 0 spiro atoms. The molecule has 0 unspecified atom stereocenters. The van der Waals surface area contributed by atoms with Gasteiger partial charge in [0.2, 0.25) is 0 Å². The van der Waals surface area contributed by atoms with Crippen molar-refractivity contribution in [3.8, 4) is 11.3 Å². The lowest BCUT2D eigenvalue weighted by atomic mass is 10.1. The van der Waals surface area contributed by atoms with Crippen LogP contribution in [0.5, 0.6) is 0 Å². The maximum absolute atomic E-state index is 6.05. The number of rotatable bonds is 5. The number of hydrogen-bond acceptors (Lipinski definition) is 4. The van der Waals surface area contributed by atoms with Crippen LogP contribution in [-0.4, -0.2) is 26.3 Å². The number of hydrogen-bond donors (Lipinski definition) is 1. The fraction of sp³-hybridized carbons (Fsp3) is 0.133. The maximum atomic E-state index is 6.05. The Labute approximate surface area is 127 Å². The highest BCUT2D eigenvalue weighted by Crippen LogP contribution is 2.27. The summed E-state index contributed by atoms with van der Waals surface area (Å²) in [7, 11) is 0. The van der Waals surface area contributed by atoms with Gasteiger partial charge in [-0.1, -0.05) is 41.9 Å². The molecular formula is C15H14ClN5. The predicted molar refractivity (Wildman–Crippen MR) is 83.2 cm³/mol. The van der Waals surface area contributed by atoms with Crippen molar-refractivity contribution >= 4 is 17.3 Å². The lowest BCUT2D eigenvalue weighted by molar-refractivity contribution is 0.636. The van der Waals surface area contributed by atoms with E-state index in [2.05, 4.69) is 20.4 Å². The van der Waals surface area contributed by atoms with Crippen LogP contribution < -0.4 is 5.32 Å².